The summed E-state index contributed by atoms with van der Waals surface area (Å²) in [7, 11) is 0. The molecule has 24 heavy (non-hydrogen) atoms. The molecule has 0 aliphatic carbocycles. The second-order valence-corrected chi connectivity index (χ2v) is 5.65. The first-order valence-corrected chi connectivity index (χ1v) is 7.73. The molecule has 0 spiro atoms. The topological polar surface area (TPSA) is 83.0 Å². The van der Waals surface area contributed by atoms with Crippen LogP contribution in [-0.4, -0.2) is 26.1 Å². The van der Waals surface area contributed by atoms with Gasteiger partial charge in [-0.15, -0.1) is 0 Å². The summed E-state index contributed by atoms with van der Waals surface area (Å²) in [5.41, 5.74) is 2.23. The number of aromatic nitrogens is 3. The third-order valence-corrected chi connectivity index (χ3v) is 3.19. The SMILES string of the molecule is CC(C)Nc1nc(Nc2cccc(O)c2)cc(-c2ccccn2)n1. The average molecular weight is 321 g/mol. The molecular weight excluding hydrogens is 302 g/mol. The summed E-state index contributed by atoms with van der Waals surface area (Å²) in [6, 6.07) is 14.6. The Hall–Kier alpha value is -3.15. The number of hydrogen-bond acceptors (Lipinski definition) is 6. The number of phenols is 1. The molecule has 0 aliphatic heterocycles. The number of nitrogens with zero attached hydrogens (tertiary/aromatic N) is 3. The standard InChI is InChI=1S/C18H19N5O/c1-12(2)20-18-22-16(15-8-3-4-9-19-15)11-17(23-18)21-13-6-5-7-14(24)10-13/h3-12,24H,1-2H3,(H2,20,21,22,23). The lowest BCUT2D eigenvalue weighted by molar-refractivity contribution is 0.475. The molecule has 2 heterocycles. The van der Waals surface area contributed by atoms with Gasteiger partial charge in [-0.2, -0.15) is 4.98 Å². The molecule has 3 rings (SSSR count). The number of rotatable bonds is 5. The molecule has 2 aromatic heterocycles. The molecule has 0 atom stereocenters. The van der Waals surface area contributed by atoms with Crippen molar-refractivity contribution >= 4 is 17.5 Å². The lowest BCUT2D eigenvalue weighted by atomic mass is 10.2. The monoisotopic (exact) mass is 321 g/mol. The second kappa shape index (κ2) is 6.95. The van der Waals surface area contributed by atoms with Gasteiger partial charge in [0.25, 0.3) is 0 Å². The molecule has 0 saturated carbocycles. The number of phenolic OH excluding ortho intramolecular Hbond substituents is 1. The predicted octanol–water partition coefficient (Wildman–Crippen LogP) is 3.81. The molecule has 3 N–H and O–H groups in total. The number of hydrogen-bond donors (Lipinski definition) is 3. The van der Waals surface area contributed by atoms with Crippen molar-refractivity contribution in [2.24, 2.45) is 0 Å². The predicted molar refractivity (Wildman–Crippen MR) is 95.4 cm³/mol. The van der Waals surface area contributed by atoms with E-state index in [0.29, 0.717) is 11.8 Å². The highest BCUT2D eigenvalue weighted by Crippen LogP contribution is 2.24. The van der Waals surface area contributed by atoms with Crippen LogP contribution in [0.4, 0.5) is 17.5 Å². The lowest BCUT2D eigenvalue weighted by Crippen LogP contribution is -2.13. The summed E-state index contributed by atoms with van der Waals surface area (Å²) in [4.78, 5) is 13.4. The highest BCUT2D eigenvalue weighted by molar-refractivity contribution is 5.65. The zero-order valence-electron chi connectivity index (χ0n) is 13.6. The smallest absolute Gasteiger partial charge is 0.225 e. The molecule has 1 aromatic carbocycles. The van der Waals surface area contributed by atoms with Crippen molar-refractivity contribution in [2.75, 3.05) is 10.6 Å². The Kier molecular flexibility index (Phi) is 4.56. The molecule has 0 saturated heterocycles. The van der Waals surface area contributed by atoms with E-state index in [1.807, 2.05) is 44.2 Å². The Morgan fingerprint density at radius 3 is 2.54 bits per heavy atom. The van der Waals surface area contributed by atoms with Crippen molar-refractivity contribution in [1.82, 2.24) is 15.0 Å². The molecule has 6 heteroatoms. The molecule has 0 fully saturated rings. The molecule has 0 radical (unpaired) electrons. The van der Waals surface area contributed by atoms with Crippen LogP contribution in [0.3, 0.4) is 0 Å². The zero-order valence-corrected chi connectivity index (χ0v) is 13.6. The van der Waals surface area contributed by atoms with E-state index >= 15 is 0 Å². The fraction of sp³-hybridized carbons (Fsp3) is 0.167. The van der Waals surface area contributed by atoms with E-state index in [1.54, 1.807) is 24.4 Å². The third kappa shape index (κ3) is 3.98. The van der Waals surface area contributed by atoms with Crippen LogP contribution in [0, 0.1) is 0 Å². The molecule has 0 aliphatic rings. The van der Waals surface area contributed by atoms with Crippen LogP contribution in [0.5, 0.6) is 5.75 Å². The minimum atomic E-state index is 0.194. The summed E-state index contributed by atoms with van der Waals surface area (Å²) >= 11 is 0. The van der Waals surface area contributed by atoms with E-state index in [1.165, 1.54) is 0 Å². The first-order valence-electron chi connectivity index (χ1n) is 7.73. The Bertz CT molecular complexity index is 821. The summed E-state index contributed by atoms with van der Waals surface area (Å²) in [6.07, 6.45) is 1.73. The third-order valence-electron chi connectivity index (χ3n) is 3.19. The Morgan fingerprint density at radius 1 is 0.958 bits per heavy atom. The Labute approximate surface area is 140 Å². The number of nitrogens with one attached hydrogen (secondary N) is 2. The van der Waals surface area contributed by atoms with E-state index in [9.17, 15) is 5.11 Å². The van der Waals surface area contributed by atoms with Crippen molar-refractivity contribution in [3.63, 3.8) is 0 Å². The largest absolute Gasteiger partial charge is 0.508 e. The van der Waals surface area contributed by atoms with E-state index in [-0.39, 0.29) is 11.8 Å². The van der Waals surface area contributed by atoms with Gasteiger partial charge in [-0.05, 0) is 38.1 Å². The van der Waals surface area contributed by atoms with Crippen LogP contribution in [0.25, 0.3) is 11.4 Å². The van der Waals surface area contributed by atoms with Gasteiger partial charge in [-0.3, -0.25) is 4.98 Å². The molecule has 0 bridgehead atoms. The summed E-state index contributed by atoms with van der Waals surface area (Å²) in [5.74, 6) is 1.34. The summed E-state index contributed by atoms with van der Waals surface area (Å²) in [5, 5.41) is 16.0. The van der Waals surface area contributed by atoms with Gasteiger partial charge in [0.2, 0.25) is 5.95 Å². The Morgan fingerprint density at radius 2 is 1.83 bits per heavy atom. The molecule has 122 valence electrons. The molecular formula is C18H19N5O. The van der Waals surface area contributed by atoms with E-state index in [4.69, 9.17) is 0 Å². The number of pyridine rings is 1. The number of aromatic hydroxyl groups is 1. The summed E-state index contributed by atoms with van der Waals surface area (Å²) < 4.78 is 0. The van der Waals surface area contributed by atoms with Crippen molar-refractivity contribution in [3.8, 4) is 17.1 Å². The molecule has 0 unspecified atom stereocenters. The van der Waals surface area contributed by atoms with Crippen LogP contribution in [0.2, 0.25) is 0 Å². The van der Waals surface area contributed by atoms with Crippen molar-refractivity contribution < 1.29 is 5.11 Å². The lowest BCUT2D eigenvalue weighted by Gasteiger charge is -2.13. The quantitative estimate of drug-likeness (QED) is 0.663. The first-order chi connectivity index (χ1) is 11.6. The van der Waals surface area contributed by atoms with E-state index in [0.717, 1.165) is 17.1 Å². The first kappa shape index (κ1) is 15.7. The van der Waals surface area contributed by atoms with Crippen LogP contribution in [0.1, 0.15) is 13.8 Å². The van der Waals surface area contributed by atoms with Gasteiger partial charge in [-0.1, -0.05) is 12.1 Å². The minimum absolute atomic E-state index is 0.194. The fourth-order valence-electron chi connectivity index (χ4n) is 2.21. The highest BCUT2D eigenvalue weighted by Gasteiger charge is 2.09. The van der Waals surface area contributed by atoms with Crippen LogP contribution >= 0.6 is 0 Å². The fourth-order valence-corrected chi connectivity index (χ4v) is 2.21. The molecule has 6 nitrogen and oxygen atoms in total. The van der Waals surface area contributed by atoms with Gasteiger partial charge in [0.15, 0.2) is 0 Å². The van der Waals surface area contributed by atoms with Gasteiger partial charge in [0.1, 0.15) is 11.6 Å². The maximum absolute atomic E-state index is 9.60. The highest BCUT2D eigenvalue weighted by atomic mass is 16.3. The van der Waals surface area contributed by atoms with E-state index < -0.39 is 0 Å². The van der Waals surface area contributed by atoms with Crippen molar-refractivity contribution in [3.05, 3.63) is 54.7 Å². The van der Waals surface area contributed by atoms with Gasteiger partial charge in [0.05, 0.1) is 11.4 Å². The van der Waals surface area contributed by atoms with Gasteiger partial charge >= 0.3 is 0 Å². The number of benzene rings is 1. The Balaban J connectivity index is 1.98. The van der Waals surface area contributed by atoms with Crippen LogP contribution in [0.15, 0.2) is 54.7 Å². The zero-order chi connectivity index (χ0) is 16.9. The van der Waals surface area contributed by atoms with Gasteiger partial charge in [0, 0.05) is 30.1 Å². The van der Waals surface area contributed by atoms with Gasteiger partial charge < -0.3 is 15.7 Å². The number of anilines is 3. The molecule has 0 amide bonds. The maximum Gasteiger partial charge on any atom is 0.225 e. The van der Waals surface area contributed by atoms with Crippen molar-refractivity contribution in [2.45, 2.75) is 19.9 Å². The van der Waals surface area contributed by atoms with Crippen LogP contribution < -0.4 is 10.6 Å². The summed E-state index contributed by atoms with van der Waals surface area (Å²) in [6.45, 7) is 4.05. The maximum atomic E-state index is 9.60. The minimum Gasteiger partial charge on any atom is -0.508 e. The normalized spacial score (nSPS) is 10.6. The van der Waals surface area contributed by atoms with Gasteiger partial charge in [-0.25, -0.2) is 4.98 Å². The molecule has 3 aromatic rings. The van der Waals surface area contributed by atoms with E-state index in [2.05, 4.69) is 25.6 Å². The average Bonchev–Trinajstić information content (AvgIpc) is 2.55. The van der Waals surface area contributed by atoms with Crippen LogP contribution in [-0.2, 0) is 0 Å². The van der Waals surface area contributed by atoms with Crippen molar-refractivity contribution in [1.29, 1.82) is 0 Å². The second-order valence-electron chi connectivity index (χ2n) is 5.65.